The zero-order chi connectivity index (χ0) is 12.7. The number of unbranched alkanes of at least 4 members (excludes halogenated alkanes) is 2. The average molecular weight is 239 g/mol. The zero-order valence-corrected chi connectivity index (χ0v) is 12.5. The first-order valence-corrected chi connectivity index (χ1v) is 7.77. The minimum absolute atomic E-state index is 0.475. The predicted molar refractivity (Wildman–Crippen MR) is 77.3 cm³/mol. The molecule has 1 unspecified atom stereocenters. The summed E-state index contributed by atoms with van der Waals surface area (Å²) < 4.78 is 0. The van der Waals surface area contributed by atoms with Crippen molar-refractivity contribution in [2.45, 2.75) is 85.1 Å². The predicted octanol–water partition coefficient (Wildman–Crippen LogP) is 4.76. The van der Waals surface area contributed by atoms with Crippen molar-refractivity contribution >= 4 is 0 Å². The summed E-state index contributed by atoms with van der Waals surface area (Å²) in [5, 5.41) is 3.75. The van der Waals surface area contributed by atoms with Crippen LogP contribution in [0.1, 0.15) is 79.1 Å². The van der Waals surface area contributed by atoms with Crippen LogP contribution in [0.4, 0.5) is 0 Å². The van der Waals surface area contributed by atoms with Crippen molar-refractivity contribution in [2.24, 2.45) is 11.3 Å². The van der Waals surface area contributed by atoms with Crippen LogP contribution in [-0.2, 0) is 0 Å². The SMILES string of the molecule is CCCCCC(C)(C)CNC(C)CC1CCC1. The van der Waals surface area contributed by atoms with Crippen molar-refractivity contribution < 1.29 is 0 Å². The van der Waals surface area contributed by atoms with Crippen LogP contribution in [0.2, 0.25) is 0 Å². The molecule has 0 saturated heterocycles. The Labute approximate surface area is 109 Å². The second-order valence-electron chi connectivity index (χ2n) is 6.94. The van der Waals surface area contributed by atoms with Crippen molar-refractivity contribution in [2.75, 3.05) is 6.54 Å². The second-order valence-corrected chi connectivity index (χ2v) is 6.94. The van der Waals surface area contributed by atoms with Crippen molar-refractivity contribution in [3.63, 3.8) is 0 Å². The van der Waals surface area contributed by atoms with Gasteiger partial charge >= 0.3 is 0 Å². The van der Waals surface area contributed by atoms with E-state index in [0.29, 0.717) is 11.5 Å². The first-order valence-electron chi connectivity index (χ1n) is 7.77. The monoisotopic (exact) mass is 239 g/mol. The van der Waals surface area contributed by atoms with Crippen LogP contribution in [0.5, 0.6) is 0 Å². The van der Waals surface area contributed by atoms with Gasteiger partial charge in [0, 0.05) is 12.6 Å². The summed E-state index contributed by atoms with van der Waals surface area (Å²) in [6, 6.07) is 0.714. The second kappa shape index (κ2) is 7.41. The van der Waals surface area contributed by atoms with E-state index in [0.717, 1.165) is 5.92 Å². The molecule has 1 saturated carbocycles. The highest BCUT2D eigenvalue weighted by Gasteiger charge is 2.22. The molecule has 1 heteroatoms. The maximum atomic E-state index is 3.75. The van der Waals surface area contributed by atoms with Gasteiger partial charge in [-0.05, 0) is 31.1 Å². The summed E-state index contributed by atoms with van der Waals surface area (Å²) in [6.07, 6.45) is 11.3. The van der Waals surface area contributed by atoms with E-state index >= 15 is 0 Å². The van der Waals surface area contributed by atoms with Crippen LogP contribution in [-0.4, -0.2) is 12.6 Å². The lowest BCUT2D eigenvalue weighted by molar-refractivity contribution is 0.240. The van der Waals surface area contributed by atoms with Gasteiger partial charge in [-0.15, -0.1) is 0 Å². The molecule has 0 radical (unpaired) electrons. The molecule has 0 aromatic carbocycles. The molecule has 1 aliphatic rings. The molecule has 102 valence electrons. The minimum Gasteiger partial charge on any atom is -0.314 e. The quantitative estimate of drug-likeness (QED) is 0.572. The highest BCUT2D eigenvalue weighted by atomic mass is 14.9. The summed E-state index contributed by atoms with van der Waals surface area (Å²) in [6.45, 7) is 10.6. The standard InChI is InChI=1S/C16H33N/c1-5-6-7-11-16(3,4)13-17-14(2)12-15-9-8-10-15/h14-15,17H,5-13H2,1-4H3. The smallest absolute Gasteiger partial charge is 0.00415 e. The summed E-state index contributed by atoms with van der Waals surface area (Å²) in [4.78, 5) is 0. The first-order chi connectivity index (χ1) is 8.03. The van der Waals surface area contributed by atoms with E-state index in [4.69, 9.17) is 0 Å². The third-order valence-corrected chi connectivity index (χ3v) is 4.30. The van der Waals surface area contributed by atoms with Crippen LogP contribution in [0.3, 0.4) is 0 Å². The van der Waals surface area contributed by atoms with Gasteiger partial charge in [-0.2, -0.15) is 0 Å². The molecule has 0 spiro atoms. The Bertz CT molecular complexity index is 194. The van der Waals surface area contributed by atoms with Crippen molar-refractivity contribution in [3.8, 4) is 0 Å². The summed E-state index contributed by atoms with van der Waals surface area (Å²) in [7, 11) is 0. The zero-order valence-electron chi connectivity index (χ0n) is 12.5. The average Bonchev–Trinajstić information content (AvgIpc) is 2.21. The summed E-state index contributed by atoms with van der Waals surface area (Å²) in [5.41, 5.74) is 0.475. The first kappa shape index (κ1) is 15.0. The fourth-order valence-electron chi connectivity index (χ4n) is 2.70. The van der Waals surface area contributed by atoms with E-state index < -0.39 is 0 Å². The van der Waals surface area contributed by atoms with E-state index in [1.165, 1.54) is 57.9 Å². The Kier molecular flexibility index (Phi) is 6.54. The Balaban J connectivity index is 2.09. The number of hydrogen-bond acceptors (Lipinski definition) is 1. The molecule has 0 aromatic rings. The molecular formula is C16H33N. The Hall–Kier alpha value is -0.0400. The number of nitrogens with one attached hydrogen (secondary N) is 1. The van der Waals surface area contributed by atoms with E-state index in [1.807, 2.05) is 0 Å². The molecule has 0 aliphatic heterocycles. The summed E-state index contributed by atoms with van der Waals surface area (Å²) in [5.74, 6) is 1.03. The van der Waals surface area contributed by atoms with Gasteiger partial charge in [0.25, 0.3) is 0 Å². The van der Waals surface area contributed by atoms with Gasteiger partial charge in [0.1, 0.15) is 0 Å². The highest BCUT2D eigenvalue weighted by molar-refractivity contribution is 4.78. The molecule has 1 aliphatic carbocycles. The molecule has 0 heterocycles. The molecule has 1 nitrogen and oxygen atoms in total. The van der Waals surface area contributed by atoms with Gasteiger partial charge in [0.15, 0.2) is 0 Å². The van der Waals surface area contributed by atoms with E-state index in [9.17, 15) is 0 Å². The highest BCUT2D eigenvalue weighted by Crippen LogP contribution is 2.30. The lowest BCUT2D eigenvalue weighted by Crippen LogP contribution is -2.37. The molecule has 1 N–H and O–H groups in total. The Morgan fingerprint density at radius 2 is 1.94 bits per heavy atom. The maximum absolute atomic E-state index is 3.75. The van der Waals surface area contributed by atoms with E-state index in [1.54, 1.807) is 0 Å². The van der Waals surface area contributed by atoms with Crippen LogP contribution < -0.4 is 5.32 Å². The van der Waals surface area contributed by atoms with Crippen molar-refractivity contribution in [1.82, 2.24) is 5.32 Å². The Morgan fingerprint density at radius 3 is 2.47 bits per heavy atom. The molecule has 0 bridgehead atoms. The number of hydrogen-bond donors (Lipinski definition) is 1. The minimum atomic E-state index is 0.475. The van der Waals surface area contributed by atoms with Crippen molar-refractivity contribution in [1.29, 1.82) is 0 Å². The van der Waals surface area contributed by atoms with Gasteiger partial charge in [-0.3, -0.25) is 0 Å². The third kappa shape index (κ3) is 6.45. The van der Waals surface area contributed by atoms with Gasteiger partial charge in [0.05, 0.1) is 0 Å². The molecule has 1 atom stereocenters. The molecule has 17 heavy (non-hydrogen) atoms. The van der Waals surface area contributed by atoms with Gasteiger partial charge in [-0.1, -0.05) is 59.3 Å². The van der Waals surface area contributed by atoms with Gasteiger partial charge in [0.2, 0.25) is 0 Å². The van der Waals surface area contributed by atoms with Crippen LogP contribution in [0.15, 0.2) is 0 Å². The fraction of sp³-hybridized carbons (Fsp3) is 1.00. The largest absolute Gasteiger partial charge is 0.314 e. The third-order valence-electron chi connectivity index (χ3n) is 4.30. The van der Waals surface area contributed by atoms with Crippen molar-refractivity contribution in [3.05, 3.63) is 0 Å². The molecular weight excluding hydrogens is 206 g/mol. The lowest BCUT2D eigenvalue weighted by atomic mass is 9.80. The van der Waals surface area contributed by atoms with Crippen LogP contribution >= 0.6 is 0 Å². The van der Waals surface area contributed by atoms with Gasteiger partial charge in [-0.25, -0.2) is 0 Å². The van der Waals surface area contributed by atoms with E-state index in [2.05, 4.69) is 33.0 Å². The van der Waals surface area contributed by atoms with Crippen LogP contribution in [0.25, 0.3) is 0 Å². The topological polar surface area (TPSA) is 12.0 Å². The normalized spacial score (nSPS) is 19.1. The molecule has 0 aromatic heterocycles. The van der Waals surface area contributed by atoms with Gasteiger partial charge < -0.3 is 5.32 Å². The number of rotatable bonds is 9. The fourth-order valence-corrected chi connectivity index (χ4v) is 2.70. The molecule has 0 amide bonds. The Morgan fingerprint density at radius 1 is 1.24 bits per heavy atom. The van der Waals surface area contributed by atoms with Crippen LogP contribution in [0, 0.1) is 11.3 Å². The maximum Gasteiger partial charge on any atom is 0.00415 e. The van der Waals surface area contributed by atoms with E-state index in [-0.39, 0.29) is 0 Å². The summed E-state index contributed by atoms with van der Waals surface area (Å²) >= 11 is 0. The molecule has 1 fully saturated rings. The molecule has 1 rings (SSSR count). The lowest BCUT2D eigenvalue weighted by Gasteiger charge is -2.31.